The molecule has 4 heterocycles. The van der Waals surface area contributed by atoms with E-state index in [2.05, 4.69) is 20.2 Å². The van der Waals surface area contributed by atoms with Gasteiger partial charge in [-0.05, 0) is 36.6 Å². The number of H-pyrrole nitrogens is 1. The van der Waals surface area contributed by atoms with Crippen LogP contribution in [0, 0.1) is 11.9 Å². The normalized spacial score (nSPS) is 17.1. The van der Waals surface area contributed by atoms with Crippen LogP contribution in [-0.4, -0.2) is 32.6 Å². The van der Waals surface area contributed by atoms with E-state index >= 15 is 0 Å². The molecule has 1 fully saturated rings. The van der Waals surface area contributed by atoms with E-state index in [0.717, 1.165) is 11.1 Å². The van der Waals surface area contributed by atoms with Gasteiger partial charge in [-0.3, -0.25) is 19.8 Å². The van der Waals surface area contributed by atoms with Gasteiger partial charge >= 0.3 is 0 Å². The van der Waals surface area contributed by atoms with Crippen LogP contribution in [0.15, 0.2) is 42.9 Å². The van der Waals surface area contributed by atoms with Crippen molar-refractivity contribution in [1.82, 2.24) is 20.2 Å². The largest absolute Gasteiger partial charge is 0.296 e. The first-order valence-corrected chi connectivity index (χ1v) is 8.57. The summed E-state index contributed by atoms with van der Waals surface area (Å²) >= 11 is 6.47. The third-order valence-corrected chi connectivity index (χ3v) is 4.86. The number of pyridine rings is 2. The first kappa shape index (κ1) is 16.7. The van der Waals surface area contributed by atoms with Crippen LogP contribution in [0.1, 0.15) is 12.0 Å². The molecule has 1 aliphatic heterocycles. The van der Waals surface area contributed by atoms with E-state index in [1.54, 1.807) is 23.4 Å². The number of nitrogens with one attached hydrogen (secondary N) is 1. The number of halogens is 2. The Bertz CT molecular complexity index is 929. The van der Waals surface area contributed by atoms with Crippen molar-refractivity contribution in [3.05, 3.63) is 59.4 Å². The molecule has 0 aromatic carbocycles. The summed E-state index contributed by atoms with van der Waals surface area (Å²) in [7, 11) is 0. The average Bonchev–Trinajstić information content (AvgIpc) is 3.21. The van der Waals surface area contributed by atoms with Gasteiger partial charge in [0.05, 0.1) is 0 Å². The molecule has 3 aromatic heterocycles. The van der Waals surface area contributed by atoms with Gasteiger partial charge in [0.15, 0.2) is 5.82 Å². The summed E-state index contributed by atoms with van der Waals surface area (Å²) < 4.78 is 12.9. The number of carbonyl (C=O) groups excluding carboxylic acids is 1. The molecule has 1 amide bonds. The lowest BCUT2D eigenvalue weighted by Crippen LogP contribution is -2.28. The lowest BCUT2D eigenvalue weighted by Gasteiger charge is -2.15. The van der Waals surface area contributed by atoms with Crippen LogP contribution in [0.5, 0.6) is 0 Å². The molecule has 4 rings (SSSR count). The highest BCUT2D eigenvalue weighted by Gasteiger charge is 2.35. The fraction of sp³-hybridized carbons (Fsp3) is 0.222. The third-order valence-electron chi connectivity index (χ3n) is 4.50. The summed E-state index contributed by atoms with van der Waals surface area (Å²) in [5, 5.41) is 7.54. The zero-order valence-electron chi connectivity index (χ0n) is 13.7. The predicted octanol–water partition coefficient (Wildman–Crippen LogP) is 3.25. The quantitative estimate of drug-likeness (QED) is 0.714. The van der Waals surface area contributed by atoms with Crippen LogP contribution >= 0.6 is 11.6 Å². The second-order valence-corrected chi connectivity index (χ2v) is 6.52. The predicted molar refractivity (Wildman–Crippen MR) is 95.2 cm³/mol. The zero-order chi connectivity index (χ0) is 18.1. The Morgan fingerprint density at radius 1 is 1.27 bits per heavy atom. The maximum atomic E-state index is 12.9. The highest BCUT2D eigenvalue weighted by atomic mass is 35.5. The Morgan fingerprint density at radius 2 is 2.08 bits per heavy atom. The van der Waals surface area contributed by atoms with E-state index in [1.807, 2.05) is 12.1 Å². The van der Waals surface area contributed by atoms with Crippen LogP contribution in [-0.2, 0) is 11.2 Å². The van der Waals surface area contributed by atoms with Crippen molar-refractivity contribution in [3.63, 3.8) is 0 Å². The summed E-state index contributed by atoms with van der Waals surface area (Å²) in [6.45, 7) is 0.551. The van der Waals surface area contributed by atoms with Crippen LogP contribution in [0.3, 0.4) is 0 Å². The number of rotatable bonds is 4. The summed E-state index contributed by atoms with van der Waals surface area (Å²) in [6, 6.07) is 6.58. The summed E-state index contributed by atoms with van der Waals surface area (Å²) in [5.41, 5.74) is 2.25. The van der Waals surface area contributed by atoms with E-state index in [1.165, 1.54) is 12.3 Å². The minimum Gasteiger partial charge on any atom is -0.296 e. The molecule has 0 saturated carbocycles. The molecule has 0 unspecified atom stereocenters. The molecule has 0 spiro atoms. The van der Waals surface area contributed by atoms with E-state index in [9.17, 15) is 9.18 Å². The monoisotopic (exact) mass is 371 g/mol. The van der Waals surface area contributed by atoms with Crippen molar-refractivity contribution in [1.29, 1.82) is 0 Å². The SMILES string of the molecule is O=C1[C@H](Cc2ccc(F)nc2)CCN1c1[nH]nc(-c2ccncc2)c1Cl. The molecule has 132 valence electrons. The number of carbonyl (C=O) groups is 1. The van der Waals surface area contributed by atoms with E-state index in [-0.39, 0.29) is 11.8 Å². The molecule has 8 heteroatoms. The fourth-order valence-electron chi connectivity index (χ4n) is 3.16. The molecular weight excluding hydrogens is 357 g/mol. The van der Waals surface area contributed by atoms with E-state index in [4.69, 9.17) is 11.6 Å². The van der Waals surface area contributed by atoms with Crippen LogP contribution in [0.2, 0.25) is 5.02 Å². The first-order valence-electron chi connectivity index (χ1n) is 8.19. The topological polar surface area (TPSA) is 74.8 Å². The second-order valence-electron chi connectivity index (χ2n) is 6.14. The Labute approximate surface area is 154 Å². The van der Waals surface area contributed by atoms with Crippen molar-refractivity contribution in [2.24, 2.45) is 5.92 Å². The van der Waals surface area contributed by atoms with Gasteiger partial charge in [-0.15, -0.1) is 0 Å². The zero-order valence-corrected chi connectivity index (χ0v) is 14.4. The molecule has 0 bridgehead atoms. The van der Waals surface area contributed by atoms with Gasteiger partial charge < -0.3 is 0 Å². The van der Waals surface area contributed by atoms with Crippen molar-refractivity contribution in [2.45, 2.75) is 12.8 Å². The highest BCUT2D eigenvalue weighted by Crippen LogP contribution is 2.36. The first-order chi connectivity index (χ1) is 12.6. The molecule has 26 heavy (non-hydrogen) atoms. The Morgan fingerprint density at radius 3 is 2.81 bits per heavy atom. The standard InChI is InChI=1S/C18H15ClFN5O/c19-15-16(12-3-6-21-7-4-12)23-24-17(15)25-8-5-13(18(25)26)9-11-1-2-14(20)22-10-11/h1-4,6-7,10,13H,5,8-9H2,(H,23,24)/t13-/m0/s1. The minimum absolute atomic E-state index is 0.0267. The third kappa shape index (κ3) is 3.06. The molecule has 6 nitrogen and oxygen atoms in total. The van der Waals surface area contributed by atoms with Crippen LogP contribution < -0.4 is 4.90 Å². The Balaban J connectivity index is 1.53. The van der Waals surface area contributed by atoms with E-state index in [0.29, 0.717) is 35.9 Å². The molecule has 1 N–H and O–H groups in total. The molecule has 0 aliphatic carbocycles. The summed E-state index contributed by atoms with van der Waals surface area (Å²) in [6.07, 6.45) is 6.00. The second kappa shape index (κ2) is 6.84. The van der Waals surface area contributed by atoms with Gasteiger partial charge in [0, 0.05) is 36.6 Å². The molecule has 1 saturated heterocycles. The van der Waals surface area contributed by atoms with Gasteiger partial charge in [0.2, 0.25) is 11.9 Å². The van der Waals surface area contributed by atoms with Crippen molar-refractivity contribution >= 4 is 23.3 Å². The van der Waals surface area contributed by atoms with Gasteiger partial charge in [-0.1, -0.05) is 17.7 Å². The molecular formula is C18H15ClFN5O. The van der Waals surface area contributed by atoms with Crippen LogP contribution in [0.4, 0.5) is 10.2 Å². The summed E-state index contributed by atoms with van der Waals surface area (Å²) in [4.78, 5) is 22.0. The summed E-state index contributed by atoms with van der Waals surface area (Å²) in [5.74, 6) is -0.239. The molecule has 3 aromatic rings. The molecule has 1 aliphatic rings. The van der Waals surface area contributed by atoms with Gasteiger partial charge in [-0.25, -0.2) is 4.98 Å². The minimum atomic E-state index is -0.527. The van der Waals surface area contributed by atoms with E-state index < -0.39 is 5.95 Å². The molecule has 0 radical (unpaired) electrons. The Kier molecular flexibility index (Phi) is 4.38. The Hall–Kier alpha value is -2.80. The average molecular weight is 372 g/mol. The number of aromatic nitrogens is 4. The maximum absolute atomic E-state index is 12.9. The lowest BCUT2D eigenvalue weighted by molar-refractivity contribution is -0.120. The van der Waals surface area contributed by atoms with Gasteiger partial charge in [-0.2, -0.15) is 9.49 Å². The van der Waals surface area contributed by atoms with Gasteiger partial charge in [0.1, 0.15) is 10.7 Å². The number of aromatic amines is 1. The highest BCUT2D eigenvalue weighted by molar-refractivity contribution is 6.36. The smallest absolute Gasteiger partial charge is 0.231 e. The number of hydrogen-bond donors (Lipinski definition) is 1. The molecule has 1 atom stereocenters. The van der Waals surface area contributed by atoms with Gasteiger partial charge in [0.25, 0.3) is 0 Å². The number of anilines is 1. The lowest BCUT2D eigenvalue weighted by atomic mass is 9.99. The van der Waals surface area contributed by atoms with Crippen LogP contribution in [0.25, 0.3) is 11.3 Å². The van der Waals surface area contributed by atoms with Crippen molar-refractivity contribution in [2.75, 3.05) is 11.4 Å². The maximum Gasteiger partial charge on any atom is 0.231 e. The van der Waals surface area contributed by atoms with Crippen molar-refractivity contribution in [3.8, 4) is 11.3 Å². The van der Waals surface area contributed by atoms with Crippen molar-refractivity contribution < 1.29 is 9.18 Å². The fourth-order valence-corrected chi connectivity index (χ4v) is 3.46. The number of hydrogen-bond acceptors (Lipinski definition) is 4. The number of nitrogens with zero attached hydrogens (tertiary/aromatic N) is 4. The number of amides is 1.